The molecule has 0 N–H and O–H groups in total. The zero-order valence-corrected chi connectivity index (χ0v) is 35.8. The van der Waals surface area contributed by atoms with Crippen molar-refractivity contribution in [1.29, 1.82) is 0 Å². The number of hydrogen-bond donors (Lipinski definition) is 0. The zero-order valence-electron chi connectivity index (χ0n) is 30.9. The number of fused-ring (bicyclic) bond motifs is 13. The molecule has 0 aliphatic heterocycles. The molecule has 0 bridgehead atoms. The normalized spacial score (nSPS) is 24.5. The van der Waals surface area contributed by atoms with Crippen LogP contribution >= 0.6 is 71.5 Å². The van der Waals surface area contributed by atoms with E-state index in [9.17, 15) is 0 Å². The molecule has 12 rings (SSSR count). The Kier molecular flexibility index (Phi) is 7.78. The molecule has 8 aliphatic rings. The van der Waals surface area contributed by atoms with Crippen molar-refractivity contribution in [2.75, 3.05) is 0 Å². The molecule has 0 amide bonds. The average molecular weight is 831 g/mol. The van der Waals surface area contributed by atoms with E-state index in [0.29, 0.717) is 11.8 Å². The molecule has 0 saturated heterocycles. The minimum atomic E-state index is 0.100. The third-order valence-corrected chi connectivity index (χ3v) is 18.3. The van der Waals surface area contributed by atoms with Crippen LogP contribution in [0.3, 0.4) is 0 Å². The number of thiocarbonyl (C=S) groups is 4. The topological polar surface area (TPSA) is 0 Å². The Morgan fingerprint density at radius 1 is 0.482 bits per heavy atom. The van der Waals surface area contributed by atoms with Crippen LogP contribution in [0.1, 0.15) is 117 Å². The first-order valence-corrected chi connectivity index (χ1v) is 23.6. The Hall–Kier alpha value is -3.36. The third-order valence-electron chi connectivity index (χ3n) is 14.3. The third kappa shape index (κ3) is 4.72. The molecule has 8 aliphatic carbocycles. The van der Waals surface area contributed by atoms with Crippen molar-refractivity contribution >= 4 is 114 Å². The summed E-state index contributed by atoms with van der Waals surface area (Å²) in [6.45, 7) is 0. The summed E-state index contributed by atoms with van der Waals surface area (Å²) >= 11 is 27.9. The fourth-order valence-corrected chi connectivity index (χ4v) is 15.7. The molecule has 2 aromatic carbocycles. The number of thiophene rings is 2. The van der Waals surface area contributed by atoms with Crippen LogP contribution in [0.4, 0.5) is 0 Å². The molecular formula is C50H38S6. The first-order valence-electron chi connectivity index (χ1n) is 20.3. The summed E-state index contributed by atoms with van der Waals surface area (Å²) < 4.78 is 0. The van der Waals surface area contributed by atoms with Crippen LogP contribution in [-0.2, 0) is 10.8 Å². The minimum Gasteiger partial charge on any atom is -0.136 e. The Morgan fingerprint density at radius 3 is 1.20 bits per heavy atom. The van der Waals surface area contributed by atoms with Gasteiger partial charge in [0.1, 0.15) is 0 Å². The SMILES string of the molecule is S=C1C(=Cc2cc3c(s2)C2=CC4C=C5C(=CC4C=C2C32CCCCC2)c2sc(C=C3C(=S)c4ccccc4C3=S)cc2C52CCCCC2)C(=S)c2ccccc21. The van der Waals surface area contributed by atoms with Crippen molar-refractivity contribution in [3.63, 3.8) is 0 Å². The van der Waals surface area contributed by atoms with E-state index in [1.807, 2.05) is 22.7 Å². The van der Waals surface area contributed by atoms with Crippen LogP contribution in [-0.4, -0.2) is 19.5 Å². The molecule has 2 fully saturated rings. The summed E-state index contributed by atoms with van der Waals surface area (Å²) in [6.07, 6.45) is 28.2. The van der Waals surface area contributed by atoms with Crippen molar-refractivity contribution in [1.82, 2.24) is 0 Å². The lowest BCUT2D eigenvalue weighted by molar-refractivity contribution is 0.347. The van der Waals surface area contributed by atoms with Gasteiger partial charge in [-0.1, -0.05) is 160 Å². The molecule has 0 nitrogen and oxygen atoms in total. The van der Waals surface area contributed by atoms with E-state index >= 15 is 0 Å². The smallest absolute Gasteiger partial charge is 0.0543 e. The summed E-state index contributed by atoms with van der Waals surface area (Å²) in [5, 5.41) is 0. The molecule has 6 heteroatoms. The molecule has 2 heterocycles. The van der Waals surface area contributed by atoms with E-state index in [1.165, 1.54) is 94.9 Å². The van der Waals surface area contributed by atoms with Crippen molar-refractivity contribution in [3.8, 4) is 0 Å². The van der Waals surface area contributed by atoms with Gasteiger partial charge in [0.05, 0.1) is 19.5 Å². The molecule has 2 aromatic heterocycles. The molecular weight excluding hydrogens is 793 g/mol. The van der Waals surface area contributed by atoms with E-state index in [-0.39, 0.29) is 10.8 Å². The fraction of sp³-hybridized carbons (Fsp3) is 0.280. The highest BCUT2D eigenvalue weighted by Crippen LogP contribution is 2.65. The van der Waals surface area contributed by atoms with Crippen molar-refractivity contribution in [3.05, 3.63) is 160 Å². The summed E-state index contributed by atoms with van der Waals surface area (Å²) in [7, 11) is 0. The van der Waals surface area contributed by atoms with E-state index in [4.69, 9.17) is 48.9 Å². The maximum absolute atomic E-state index is 6.00. The highest BCUT2D eigenvalue weighted by molar-refractivity contribution is 7.84. The Labute approximate surface area is 358 Å². The van der Waals surface area contributed by atoms with Crippen molar-refractivity contribution < 1.29 is 0 Å². The van der Waals surface area contributed by atoms with Gasteiger partial charge < -0.3 is 0 Å². The fourth-order valence-electron chi connectivity index (χ4n) is 11.7. The highest BCUT2D eigenvalue weighted by Gasteiger charge is 2.52. The maximum atomic E-state index is 6.00. The van der Waals surface area contributed by atoms with Gasteiger partial charge in [-0.15, -0.1) is 22.7 Å². The lowest BCUT2D eigenvalue weighted by atomic mass is 9.63. The van der Waals surface area contributed by atoms with E-state index < -0.39 is 0 Å². The standard InChI is InChI=1S/C50H38S6/c51-43-31-11-3-4-12-32(31)44(52)37(43)23-29-25-41-47(55-29)35-19-28-22-40-36(20-27(28)21-39(35)49(41)15-7-1-8-16-49)48-42(50(40)17-9-2-10-18-50)26-30(56-48)24-38-45(53)33-13-5-6-14-34(33)46(38)54/h3-6,11-14,19-28H,1-2,7-10,15-18H2. The second-order valence-corrected chi connectivity index (χ2v) is 20.9. The zero-order chi connectivity index (χ0) is 37.5. The second kappa shape index (κ2) is 12.6. The van der Waals surface area contributed by atoms with Crippen molar-refractivity contribution in [2.24, 2.45) is 11.8 Å². The molecule has 274 valence electrons. The summed E-state index contributed by atoms with van der Waals surface area (Å²) in [5.74, 6) is 0.738. The quantitative estimate of drug-likeness (QED) is 0.146. The molecule has 2 unspecified atom stereocenters. The van der Waals surface area contributed by atoms with Gasteiger partial charge in [-0.25, -0.2) is 0 Å². The lowest BCUT2D eigenvalue weighted by Crippen LogP contribution is -2.31. The lowest BCUT2D eigenvalue weighted by Gasteiger charge is -2.40. The van der Waals surface area contributed by atoms with E-state index in [0.717, 1.165) is 52.9 Å². The molecule has 2 saturated carbocycles. The number of benzene rings is 2. The summed E-state index contributed by atoms with van der Waals surface area (Å²) in [4.78, 5) is 9.13. The maximum Gasteiger partial charge on any atom is 0.0543 e. The first-order chi connectivity index (χ1) is 27.3. The van der Waals surface area contributed by atoms with E-state index in [1.54, 1.807) is 22.3 Å². The van der Waals surface area contributed by atoms with Crippen LogP contribution < -0.4 is 0 Å². The molecule has 56 heavy (non-hydrogen) atoms. The molecule has 4 aromatic rings. The first kappa shape index (κ1) is 34.7. The van der Waals surface area contributed by atoms with Gasteiger partial charge in [0.15, 0.2) is 0 Å². The van der Waals surface area contributed by atoms with Crippen LogP contribution in [0.2, 0.25) is 0 Å². The average Bonchev–Trinajstić information content (AvgIpc) is 4.05. The second-order valence-electron chi connectivity index (χ2n) is 17.1. The largest absolute Gasteiger partial charge is 0.136 e. The van der Waals surface area contributed by atoms with Gasteiger partial charge in [-0.05, 0) is 83.4 Å². The Morgan fingerprint density at radius 2 is 0.839 bits per heavy atom. The molecule has 0 radical (unpaired) electrons. The minimum absolute atomic E-state index is 0.100. The van der Waals surface area contributed by atoms with Gasteiger partial charge in [0.25, 0.3) is 0 Å². The van der Waals surface area contributed by atoms with Crippen LogP contribution in [0.5, 0.6) is 0 Å². The highest BCUT2D eigenvalue weighted by atomic mass is 32.1. The predicted octanol–water partition coefficient (Wildman–Crippen LogP) is 13.9. The van der Waals surface area contributed by atoms with Gasteiger partial charge in [0, 0.05) is 75.6 Å². The molecule has 2 atom stereocenters. The number of rotatable bonds is 2. The van der Waals surface area contributed by atoms with Gasteiger partial charge in [-0.2, -0.15) is 0 Å². The van der Waals surface area contributed by atoms with Crippen molar-refractivity contribution in [2.45, 2.75) is 75.0 Å². The summed E-state index contributed by atoms with van der Waals surface area (Å²) in [5.41, 5.74) is 16.1. The number of hydrogen-bond acceptors (Lipinski definition) is 6. The van der Waals surface area contributed by atoms with Crippen LogP contribution in [0, 0.1) is 11.8 Å². The Balaban J connectivity index is 0.948. The Bertz CT molecular complexity index is 2470. The monoisotopic (exact) mass is 830 g/mol. The molecule has 2 spiro atoms. The van der Waals surface area contributed by atoms with Gasteiger partial charge >= 0.3 is 0 Å². The van der Waals surface area contributed by atoms with Gasteiger partial charge in [-0.3, -0.25) is 0 Å². The number of allylic oxidation sites excluding steroid dienone is 10. The predicted molar refractivity (Wildman–Crippen MR) is 253 cm³/mol. The van der Waals surface area contributed by atoms with Crippen LogP contribution in [0.25, 0.3) is 23.3 Å². The van der Waals surface area contributed by atoms with Crippen LogP contribution in [0.15, 0.2) is 107 Å². The van der Waals surface area contributed by atoms with Gasteiger partial charge in [0.2, 0.25) is 0 Å². The van der Waals surface area contributed by atoms with E-state index in [2.05, 4.69) is 97.1 Å². The summed E-state index contributed by atoms with van der Waals surface area (Å²) in [6, 6.07) is 21.8.